The van der Waals surface area contributed by atoms with Crippen molar-refractivity contribution in [2.45, 2.75) is 93.4 Å². The summed E-state index contributed by atoms with van der Waals surface area (Å²) >= 11 is 0. The molecular weight excluding hydrogens is 1280 g/mol. The Hall–Kier alpha value is -10.5. The summed E-state index contributed by atoms with van der Waals surface area (Å²) in [5.74, 6) is -0.914. The number of piperidine rings is 2. The lowest BCUT2D eigenvalue weighted by Gasteiger charge is -2.33. The number of Topliss-reactive ketones (excluding diaryl/α,β-unsaturated/α-hetero) is 1. The summed E-state index contributed by atoms with van der Waals surface area (Å²) in [6.45, 7) is 10.7. The van der Waals surface area contributed by atoms with Crippen molar-refractivity contribution in [3.8, 4) is 22.3 Å². The third kappa shape index (κ3) is 12.4. The second-order valence-corrected chi connectivity index (χ2v) is 30.0. The predicted molar refractivity (Wildman–Crippen MR) is 370 cm³/mol. The van der Waals surface area contributed by atoms with Gasteiger partial charge in [0.2, 0.25) is 0 Å². The molecule has 0 spiro atoms. The van der Waals surface area contributed by atoms with Gasteiger partial charge in [-0.25, -0.2) is 59.1 Å². The first-order valence-electron chi connectivity index (χ1n) is 32.8. The van der Waals surface area contributed by atoms with E-state index < -0.39 is 43.8 Å². The van der Waals surface area contributed by atoms with Gasteiger partial charge in [0.25, 0.3) is 20.0 Å². The zero-order valence-corrected chi connectivity index (χ0v) is 56.4. The second kappa shape index (κ2) is 26.1. The maximum absolute atomic E-state index is 13.9. The van der Waals surface area contributed by atoms with Crippen molar-refractivity contribution in [1.29, 1.82) is 0 Å². The van der Waals surface area contributed by atoms with Crippen LogP contribution in [0.25, 0.3) is 50.2 Å². The number of fused-ring (bicyclic) bond motifs is 10. The van der Waals surface area contributed by atoms with Gasteiger partial charge < -0.3 is 24.0 Å². The molecule has 6 aromatic carbocycles. The van der Waals surface area contributed by atoms with Crippen LogP contribution in [0, 0.1) is 19.8 Å². The molecule has 98 heavy (non-hydrogen) atoms. The SMILES string of the molecule is Cc1ccc(S(=O)(=O)n2ccc3c2ncc2ncc([C@@H]4CCCN(C(=O)OCC5c6ccccc6-c6ccccc65)C4)n23)cc1.Cc1ccc(S(=O)(=O)n2ccc3nc(N(CC(=O)[C@@H]4CCCN(C(=O)OCC5c6ccccc6-c6ccccc65)C4)C(=O)OC(C)(C)C)cnc32)cc1. The molecule has 2 atom stereocenters. The van der Waals surface area contributed by atoms with Crippen molar-refractivity contribution in [3.63, 3.8) is 0 Å². The highest BCUT2D eigenvalue weighted by molar-refractivity contribution is 7.90. The highest BCUT2D eigenvalue weighted by Crippen LogP contribution is 2.46. The van der Waals surface area contributed by atoms with Crippen LogP contribution in [-0.2, 0) is 39.1 Å². The third-order valence-electron chi connectivity index (χ3n) is 18.8. The Morgan fingerprint density at radius 2 is 1.03 bits per heavy atom. The summed E-state index contributed by atoms with van der Waals surface area (Å²) < 4.78 is 75.7. The van der Waals surface area contributed by atoms with E-state index in [1.165, 1.54) is 56.8 Å². The van der Waals surface area contributed by atoms with Crippen molar-refractivity contribution in [3.05, 3.63) is 228 Å². The summed E-state index contributed by atoms with van der Waals surface area (Å²) in [4.78, 5) is 77.0. The van der Waals surface area contributed by atoms with E-state index in [1.807, 2.05) is 73.0 Å². The van der Waals surface area contributed by atoms with E-state index in [1.54, 1.807) is 85.4 Å². The number of ketones is 1. The van der Waals surface area contributed by atoms with Gasteiger partial charge in [0.05, 0.1) is 34.2 Å². The van der Waals surface area contributed by atoms with Crippen LogP contribution in [0.3, 0.4) is 0 Å². The molecule has 2 aliphatic heterocycles. The quantitative estimate of drug-likeness (QED) is 0.0975. The Kier molecular flexibility index (Phi) is 17.3. The first-order valence-corrected chi connectivity index (χ1v) is 35.6. The van der Waals surface area contributed by atoms with Crippen molar-refractivity contribution in [2.24, 2.45) is 5.92 Å². The summed E-state index contributed by atoms with van der Waals surface area (Å²) in [5, 5.41) is 0. The largest absolute Gasteiger partial charge is 0.448 e. The van der Waals surface area contributed by atoms with Gasteiger partial charge >= 0.3 is 18.3 Å². The maximum atomic E-state index is 13.9. The topological polar surface area (TPSA) is 240 Å². The van der Waals surface area contributed by atoms with Crippen LogP contribution in [0.5, 0.6) is 0 Å². The fourth-order valence-electron chi connectivity index (χ4n) is 13.9. The third-order valence-corrected chi connectivity index (χ3v) is 22.1. The van der Waals surface area contributed by atoms with E-state index in [-0.39, 0.29) is 82.7 Å². The van der Waals surface area contributed by atoms with Crippen LogP contribution in [0.4, 0.5) is 20.2 Å². The minimum Gasteiger partial charge on any atom is -0.448 e. The summed E-state index contributed by atoms with van der Waals surface area (Å²) in [6, 6.07) is 49.4. The van der Waals surface area contributed by atoms with Crippen LogP contribution in [0.2, 0.25) is 0 Å². The Bertz CT molecular complexity index is 5070. The number of ether oxygens (including phenoxy) is 3. The number of rotatable bonds is 13. The van der Waals surface area contributed by atoms with Gasteiger partial charge in [0.15, 0.2) is 28.5 Å². The average Bonchev–Trinajstić information content (AvgIpc) is 1.57. The maximum Gasteiger partial charge on any atom is 0.416 e. The molecule has 2 saturated heterocycles. The van der Waals surface area contributed by atoms with Crippen LogP contribution < -0.4 is 4.90 Å². The zero-order chi connectivity index (χ0) is 68.2. The number of benzene rings is 6. The molecule has 500 valence electrons. The van der Waals surface area contributed by atoms with Gasteiger partial charge in [0, 0.05) is 74.1 Å². The minimum absolute atomic E-state index is 0.00159. The number of aryl methyl sites for hydroxylation is 2. The number of carbonyl (C=O) groups is 4. The monoisotopic (exact) mass is 1350 g/mol. The Labute approximate surface area is 567 Å². The van der Waals surface area contributed by atoms with E-state index in [0.29, 0.717) is 49.3 Å². The number of carbonyl (C=O) groups excluding carboxylic acids is 4. The van der Waals surface area contributed by atoms with E-state index in [9.17, 15) is 36.0 Å². The van der Waals surface area contributed by atoms with Crippen molar-refractivity contribution in [1.82, 2.24) is 42.1 Å². The molecule has 23 heteroatoms. The molecule has 0 N–H and O–H groups in total. The molecule has 0 radical (unpaired) electrons. The minimum atomic E-state index is -3.98. The number of hydrogen-bond acceptors (Lipinski definition) is 15. The van der Waals surface area contributed by atoms with Gasteiger partial charge in [-0.3, -0.25) is 14.1 Å². The van der Waals surface area contributed by atoms with E-state index in [4.69, 9.17) is 14.2 Å². The van der Waals surface area contributed by atoms with E-state index in [0.717, 1.165) is 60.8 Å². The second-order valence-electron chi connectivity index (χ2n) is 26.4. The van der Waals surface area contributed by atoms with Crippen LogP contribution >= 0.6 is 0 Å². The van der Waals surface area contributed by atoms with Crippen LogP contribution in [-0.4, -0.2) is 135 Å². The van der Waals surface area contributed by atoms with Gasteiger partial charge in [0.1, 0.15) is 24.3 Å². The standard InChI is InChI=1S/C40H41N5O7S.C35H31N5O4S/c1-26-15-17-28(18-16-26)53(49,50)45-21-19-34-37(45)41-22-36(42-34)44(39(48)52-40(2,3)4)24-35(46)27-10-9-20-43(23-27)38(47)51-25-33-31-13-7-5-11-29(31)30-12-6-8-14-32(30)33;1-23-12-14-25(15-13-23)45(42,43)39-18-16-31-34(39)37-20-33-36-19-32(40(31)33)24-7-6-17-38(21-24)35(41)44-22-30-28-10-4-2-8-26(28)27-9-3-5-11-29(27)30/h5-8,11-19,21-22,27,33H,9-10,20,23-25H2,1-4H3;2-5,8-16,18-20,24,30H,6-7,17,21-22H2,1H3/t27-;24-/m11/s1. The molecule has 0 unspecified atom stereocenters. The summed E-state index contributed by atoms with van der Waals surface area (Å²) in [6.07, 6.45) is 8.74. The summed E-state index contributed by atoms with van der Waals surface area (Å²) in [5.41, 5.74) is 13.1. The lowest BCUT2D eigenvalue weighted by Crippen LogP contribution is -2.47. The van der Waals surface area contributed by atoms with E-state index >= 15 is 0 Å². The van der Waals surface area contributed by atoms with Gasteiger partial charge in [-0.2, -0.15) is 0 Å². The van der Waals surface area contributed by atoms with Gasteiger partial charge in [-0.15, -0.1) is 0 Å². The predicted octanol–water partition coefficient (Wildman–Crippen LogP) is 13.3. The molecular formula is C75H72N10O11S2. The molecule has 2 aliphatic carbocycles. The number of aromatic nitrogens is 7. The first-order chi connectivity index (χ1) is 47.2. The lowest BCUT2D eigenvalue weighted by atomic mass is 9.93. The molecule has 0 bridgehead atoms. The molecule has 2 fully saturated rings. The summed E-state index contributed by atoms with van der Waals surface area (Å²) in [7, 11) is -7.83. The lowest BCUT2D eigenvalue weighted by molar-refractivity contribution is -0.123. The first kappa shape index (κ1) is 64.8. The molecule has 0 saturated carbocycles. The number of likely N-dealkylation sites (tertiary alicyclic amines) is 2. The highest BCUT2D eigenvalue weighted by atomic mass is 32.2. The zero-order valence-electron chi connectivity index (χ0n) is 54.8. The fraction of sp³-hybridized carbons (Fsp3) is 0.280. The number of anilines is 1. The van der Waals surface area contributed by atoms with Crippen molar-refractivity contribution in [2.75, 3.05) is 50.8 Å². The molecule has 3 amide bonds. The molecule has 11 aromatic rings. The van der Waals surface area contributed by atoms with E-state index in [2.05, 4.69) is 68.5 Å². The van der Waals surface area contributed by atoms with Gasteiger partial charge in [-0.05, 0) is 141 Å². The average molecular weight is 1350 g/mol. The Balaban J connectivity index is 0.000000170. The smallest absolute Gasteiger partial charge is 0.416 e. The number of imidazole rings is 1. The number of amides is 3. The Morgan fingerprint density at radius 1 is 0.551 bits per heavy atom. The molecule has 7 heterocycles. The van der Waals surface area contributed by atoms with Crippen molar-refractivity contribution < 1.29 is 50.2 Å². The molecule has 21 nitrogen and oxygen atoms in total. The molecule has 4 aliphatic rings. The Morgan fingerprint density at radius 3 is 1.56 bits per heavy atom. The molecule has 5 aromatic heterocycles. The highest BCUT2D eigenvalue weighted by Gasteiger charge is 2.37. The number of hydrogen-bond donors (Lipinski definition) is 0. The normalized spacial score (nSPS) is 16.2. The van der Waals surface area contributed by atoms with Crippen LogP contribution in [0.15, 0.2) is 199 Å². The van der Waals surface area contributed by atoms with Crippen LogP contribution in [0.1, 0.15) is 103 Å². The fourth-order valence-corrected chi connectivity index (χ4v) is 16.5. The number of nitrogens with zero attached hydrogens (tertiary/aromatic N) is 10. The van der Waals surface area contributed by atoms with Gasteiger partial charge in [-0.1, -0.05) is 132 Å². The molecule has 15 rings (SSSR count). The van der Waals surface area contributed by atoms with Crippen molar-refractivity contribution >= 4 is 77.9 Å².